The fourth-order valence-electron chi connectivity index (χ4n) is 2.44. The molecule has 0 saturated carbocycles. The van der Waals surface area contributed by atoms with Crippen LogP contribution >= 0.6 is 7.59 Å². The predicted octanol–water partition coefficient (Wildman–Crippen LogP) is -0.262. The molecule has 0 radical (unpaired) electrons. The molecule has 1 aliphatic heterocycles. The minimum absolute atomic E-state index is 0.0988. The first-order valence-corrected chi connectivity index (χ1v) is 10.5. The Balaban J connectivity index is 2.13. The Bertz CT molecular complexity index is 910. The van der Waals surface area contributed by atoms with E-state index < -0.39 is 35.8 Å². The lowest BCUT2D eigenvalue weighted by Crippen LogP contribution is -2.53. The molecule has 26 heavy (non-hydrogen) atoms. The number of piperidine rings is 1. The van der Waals surface area contributed by atoms with Gasteiger partial charge < -0.3 is 5.32 Å². The van der Waals surface area contributed by atoms with Crippen LogP contribution in [-0.4, -0.2) is 42.0 Å². The number of nitriles is 1. The van der Waals surface area contributed by atoms with Gasteiger partial charge in [-0.1, -0.05) is 0 Å². The minimum Gasteiger partial charge on any atom is -0.340 e. The van der Waals surface area contributed by atoms with Gasteiger partial charge in [-0.2, -0.15) is 13.7 Å². The first kappa shape index (κ1) is 20.0. The highest BCUT2D eigenvalue weighted by Crippen LogP contribution is 2.40. The zero-order valence-electron chi connectivity index (χ0n) is 13.3. The molecular formula is C13H16N5O6PS. The van der Waals surface area contributed by atoms with Crippen LogP contribution in [-0.2, 0) is 19.7 Å². The first-order valence-electron chi connectivity index (χ1n) is 7.31. The van der Waals surface area contributed by atoms with E-state index in [-0.39, 0.29) is 18.5 Å². The van der Waals surface area contributed by atoms with Crippen molar-refractivity contribution < 1.29 is 27.1 Å². The molecule has 5 N–H and O–H groups in total. The van der Waals surface area contributed by atoms with Crippen molar-refractivity contribution in [3.05, 3.63) is 35.4 Å². The van der Waals surface area contributed by atoms with Crippen LogP contribution in [0.1, 0.15) is 28.8 Å². The van der Waals surface area contributed by atoms with Crippen LogP contribution in [0.15, 0.2) is 24.3 Å². The van der Waals surface area contributed by atoms with Crippen molar-refractivity contribution in [2.24, 2.45) is 5.50 Å². The number of carbonyl (C=O) groups is 2. The van der Waals surface area contributed by atoms with E-state index in [0.717, 1.165) is 0 Å². The van der Waals surface area contributed by atoms with Gasteiger partial charge in [-0.15, -0.1) is 4.49 Å². The topological polar surface area (TPSA) is 183 Å². The fourth-order valence-corrected chi connectivity index (χ4v) is 5.03. The van der Waals surface area contributed by atoms with Crippen molar-refractivity contribution in [1.29, 1.82) is 5.26 Å². The number of benzene rings is 1. The van der Waals surface area contributed by atoms with Gasteiger partial charge in [-0.3, -0.25) is 28.9 Å². The molecule has 2 amide bonds. The summed E-state index contributed by atoms with van der Waals surface area (Å²) in [5.74, 6) is -1.43. The lowest BCUT2D eigenvalue weighted by atomic mass is 10.1. The molecule has 1 unspecified atom stereocenters. The summed E-state index contributed by atoms with van der Waals surface area (Å²) in [5, 5.41) is 11.2. The van der Waals surface area contributed by atoms with E-state index in [4.69, 9.17) is 15.3 Å². The molecule has 2 atom stereocenters. The molecule has 1 fully saturated rings. The van der Waals surface area contributed by atoms with Crippen molar-refractivity contribution in [3.63, 3.8) is 0 Å². The average Bonchev–Trinajstić information content (AvgIpc) is 2.54. The number of amides is 2. The molecule has 1 saturated heterocycles. The third-order valence-electron chi connectivity index (χ3n) is 3.60. The highest BCUT2D eigenvalue weighted by molar-refractivity contribution is 7.90. The third kappa shape index (κ3) is 4.87. The van der Waals surface area contributed by atoms with E-state index in [1.807, 2.05) is 6.07 Å². The Kier molecular flexibility index (Phi) is 5.80. The molecule has 1 heterocycles. The monoisotopic (exact) mass is 401 g/mol. The summed E-state index contributed by atoms with van der Waals surface area (Å²) in [6.07, 6.45) is 0.543. The molecule has 140 valence electrons. The molecule has 0 bridgehead atoms. The fraction of sp³-hybridized carbons (Fsp3) is 0.308. The summed E-state index contributed by atoms with van der Waals surface area (Å²) in [7, 11) is -9.29. The van der Waals surface area contributed by atoms with Gasteiger partial charge in [0.1, 0.15) is 6.04 Å². The van der Waals surface area contributed by atoms with E-state index in [1.54, 1.807) is 0 Å². The molecule has 0 aliphatic carbocycles. The largest absolute Gasteiger partial charge is 0.341 e. The molecule has 11 nitrogen and oxygen atoms in total. The van der Waals surface area contributed by atoms with Crippen LogP contribution < -0.4 is 15.3 Å². The van der Waals surface area contributed by atoms with Crippen LogP contribution in [0.4, 0.5) is 0 Å². The highest BCUT2D eigenvalue weighted by atomic mass is 32.2. The Morgan fingerprint density at radius 3 is 2.54 bits per heavy atom. The highest BCUT2D eigenvalue weighted by Gasteiger charge is 2.40. The number of carbonyl (C=O) groups excluding carboxylic acids is 2. The Hall–Kier alpha value is -2.29. The van der Waals surface area contributed by atoms with Crippen molar-refractivity contribution in [3.8, 4) is 6.07 Å². The molecule has 0 aromatic heterocycles. The number of nitrogens with zero attached hydrogens (tertiary/aromatic N) is 2. The van der Waals surface area contributed by atoms with E-state index >= 15 is 0 Å². The van der Waals surface area contributed by atoms with Gasteiger partial charge in [0.2, 0.25) is 0 Å². The Morgan fingerprint density at radius 1 is 1.38 bits per heavy atom. The van der Waals surface area contributed by atoms with Crippen LogP contribution in [0.2, 0.25) is 0 Å². The summed E-state index contributed by atoms with van der Waals surface area (Å²) in [6.45, 7) is -0.0988. The summed E-state index contributed by atoms with van der Waals surface area (Å²) in [4.78, 5) is 24.7. The van der Waals surface area contributed by atoms with Crippen molar-refractivity contribution in [1.82, 2.24) is 14.5 Å². The maximum absolute atomic E-state index is 12.4. The molecule has 2 rings (SSSR count). The van der Waals surface area contributed by atoms with Crippen LogP contribution in [0, 0.1) is 11.3 Å². The standard InChI is InChI=1S/C13H16N5O6PS/c14-8-9-3-5-10(6-4-9)12(19)16-11-2-1-7-18(13(11)20)25(15,21)17-26(22,23)24/h3-6,11H,1-2,7H2,(H,16,19)(H3,15,17,21)(H,22,23,24)/t11-,25?/m0/s1. The normalized spacial score (nSPS) is 20.1. The average molecular weight is 401 g/mol. The maximum Gasteiger partial charge on any atom is 0.341 e. The number of rotatable bonds is 5. The molecular weight excluding hydrogens is 385 g/mol. The zero-order chi connectivity index (χ0) is 19.5. The Morgan fingerprint density at radius 2 is 2.00 bits per heavy atom. The van der Waals surface area contributed by atoms with Crippen molar-refractivity contribution in [2.45, 2.75) is 18.9 Å². The van der Waals surface area contributed by atoms with E-state index in [2.05, 4.69) is 5.32 Å². The van der Waals surface area contributed by atoms with Crippen LogP contribution in [0.25, 0.3) is 0 Å². The van der Waals surface area contributed by atoms with E-state index in [9.17, 15) is 22.6 Å². The second-order valence-corrected chi connectivity index (χ2v) is 8.92. The summed E-state index contributed by atoms with van der Waals surface area (Å²) < 4.78 is 44.7. The molecule has 1 aromatic rings. The SMILES string of the molecule is N#Cc1ccc(C(=O)N[C@H]2CCCN(P(N)(=O)NS(=O)(=O)O)C2=O)cc1. The van der Waals surface area contributed by atoms with Crippen LogP contribution in [0.5, 0.6) is 0 Å². The van der Waals surface area contributed by atoms with Gasteiger partial charge >= 0.3 is 17.9 Å². The van der Waals surface area contributed by atoms with Crippen molar-refractivity contribution in [2.75, 3.05) is 6.54 Å². The number of hydrogen-bond donors (Lipinski definition) is 4. The maximum atomic E-state index is 12.4. The second-order valence-electron chi connectivity index (χ2n) is 5.51. The first-order chi connectivity index (χ1) is 12.0. The summed E-state index contributed by atoms with van der Waals surface area (Å²) in [6, 6.07) is 6.54. The van der Waals surface area contributed by atoms with Gasteiger partial charge in [0.15, 0.2) is 0 Å². The third-order valence-corrected chi connectivity index (χ3v) is 6.69. The molecule has 0 spiro atoms. The molecule has 1 aromatic carbocycles. The quantitative estimate of drug-likeness (QED) is 0.384. The van der Waals surface area contributed by atoms with Crippen LogP contribution in [0.3, 0.4) is 0 Å². The van der Waals surface area contributed by atoms with Gasteiger partial charge in [-0.25, -0.2) is 0 Å². The van der Waals surface area contributed by atoms with Gasteiger partial charge in [0, 0.05) is 12.1 Å². The molecule has 1 aliphatic rings. The van der Waals surface area contributed by atoms with Gasteiger partial charge in [0.25, 0.3) is 11.8 Å². The number of nitrogens with two attached hydrogens (primary N) is 1. The Labute approximate surface area is 149 Å². The zero-order valence-corrected chi connectivity index (χ0v) is 15.0. The lowest BCUT2D eigenvalue weighted by Gasteiger charge is -2.35. The van der Waals surface area contributed by atoms with Gasteiger partial charge in [-0.05, 0) is 37.1 Å². The second kappa shape index (κ2) is 7.53. The predicted molar refractivity (Wildman–Crippen MR) is 89.8 cm³/mol. The summed E-state index contributed by atoms with van der Waals surface area (Å²) >= 11 is 0. The number of nitrogens with one attached hydrogen (secondary N) is 2. The van der Waals surface area contributed by atoms with E-state index in [0.29, 0.717) is 16.7 Å². The minimum atomic E-state index is -4.89. The van der Waals surface area contributed by atoms with E-state index in [1.165, 1.54) is 28.8 Å². The molecule has 13 heteroatoms. The lowest BCUT2D eigenvalue weighted by molar-refractivity contribution is -0.130. The van der Waals surface area contributed by atoms with Crippen molar-refractivity contribution >= 4 is 29.7 Å². The smallest absolute Gasteiger partial charge is 0.340 e. The number of hydrogen-bond acceptors (Lipinski definition) is 6. The summed E-state index contributed by atoms with van der Waals surface area (Å²) in [5.41, 5.74) is 5.94. The van der Waals surface area contributed by atoms with Gasteiger partial charge in [0.05, 0.1) is 11.6 Å².